The van der Waals surface area contributed by atoms with Gasteiger partial charge in [0.1, 0.15) is 0 Å². The van der Waals surface area contributed by atoms with E-state index in [0.717, 1.165) is 39.0 Å². The van der Waals surface area contributed by atoms with E-state index in [4.69, 9.17) is 10.8 Å². The highest BCUT2D eigenvalue weighted by atomic mass is 16.4. The van der Waals surface area contributed by atoms with E-state index in [1.54, 1.807) is 0 Å². The molecule has 0 atom stereocenters. The Kier molecular flexibility index (Phi) is 32.8. The van der Waals surface area contributed by atoms with E-state index >= 15 is 0 Å². The number of carbonyl (C=O) groups is 1. The van der Waals surface area contributed by atoms with Gasteiger partial charge in [-0.1, -0.05) is 122 Å². The van der Waals surface area contributed by atoms with Crippen molar-refractivity contribution in [2.24, 2.45) is 5.73 Å². The number of rotatable bonds is 25. The minimum Gasteiger partial charge on any atom is -0.481 e. The van der Waals surface area contributed by atoms with E-state index in [0.29, 0.717) is 6.42 Å². The first kappa shape index (κ1) is 34.5. The Hall–Kier alpha value is -0.650. The lowest BCUT2D eigenvalue weighted by Crippen LogP contribution is -2.30. The van der Waals surface area contributed by atoms with Gasteiger partial charge in [-0.05, 0) is 20.5 Å². The van der Waals surface area contributed by atoms with Crippen LogP contribution in [0.5, 0.6) is 0 Å². The molecule has 0 unspecified atom stereocenters. The summed E-state index contributed by atoms with van der Waals surface area (Å²) in [6.07, 6.45) is 26.1. The van der Waals surface area contributed by atoms with Gasteiger partial charge < -0.3 is 21.1 Å². The summed E-state index contributed by atoms with van der Waals surface area (Å²) >= 11 is 0. The highest BCUT2D eigenvalue weighted by Gasteiger charge is 1.97. The van der Waals surface area contributed by atoms with Crippen LogP contribution in [0.2, 0.25) is 0 Å². The average molecular weight is 472 g/mol. The maximum Gasteiger partial charge on any atom is 0.303 e. The largest absolute Gasteiger partial charge is 0.481 e. The molecule has 0 aliphatic carbocycles. The first-order valence-corrected chi connectivity index (χ1v) is 14.3. The molecule has 33 heavy (non-hydrogen) atoms. The topological polar surface area (TPSA) is 78.6 Å². The molecule has 0 amide bonds. The molecule has 0 aliphatic rings. The Bertz CT molecular complexity index is 365. The Morgan fingerprint density at radius 3 is 1.33 bits per heavy atom. The molecule has 0 saturated carbocycles. The zero-order valence-electron chi connectivity index (χ0n) is 22.9. The van der Waals surface area contributed by atoms with Crippen LogP contribution in [0.4, 0.5) is 0 Å². The van der Waals surface area contributed by atoms with Crippen LogP contribution < -0.4 is 11.1 Å². The van der Waals surface area contributed by atoms with Gasteiger partial charge in [0.15, 0.2) is 0 Å². The van der Waals surface area contributed by atoms with E-state index < -0.39 is 5.97 Å². The monoisotopic (exact) mass is 471 g/mol. The van der Waals surface area contributed by atoms with E-state index in [1.165, 1.54) is 109 Å². The maximum atomic E-state index is 10.4. The lowest BCUT2D eigenvalue weighted by molar-refractivity contribution is -0.137. The first-order chi connectivity index (χ1) is 16.0. The lowest BCUT2D eigenvalue weighted by atomic mass is 10.0. The van der Waals surface area contributed by atoms with Crippen molar-refractivity contribution < 1.29 is 9.90 Å². The quantitative estimate of drug-likeness (QED) is 0.125. The van der Waals surface area contributed by atoms with E-state index in [2.05, 4.69) is 31.2 Å². The number of hydrogen-bond donors (Lipinski definition) is 3. The molecular weight excluding hydrogens is 410 g/mol. The Labute approximate surface area is 207 Å². The summed E-state index contributed by atoms with van der Waals surface area (Å²) in [5, 5.41) is 11.8. The van der Waals surface area contributed by atoms with Crippen LogP contribution >= 0.6 is 0 Å². The van der Waals surface area contributed by atoms with E-state index in [1.807, 2.05) is 0 Å². The second-order valence-electron chi connectivity index (χ2n) is 9.85. The van der Waals surface area contributed by atoms with Crippen molar-refractivity contribution in [2.75, 3.05) is 40.3 Å². The molecule has 0 heterocycles. The van der Waals surface area contributed by atoms with Crippen LogP contribution in [0.15, 0.2) is 0 Å². The number of nitrogens with zero attached hydrogens (tertiary/aromatic N) is 1. The lowest BCUT2D eigenvalue weighted by Gasteiger charge is -2.08. The summed E-state index contributed by atoms with van der Waals surface area (Å²) in [5.74, 6) is -0.651. The molecule has 200 valence electrons. The summed E-state index contributed by atoms with van der Waals surface area (Å²) in [4.78, 5) is 12.5. The molecule has 4 N–H and O–H groups in total. The molecule has 0 spiro atoms. The van der Waals surface area contributed by atoms with Crippen molar-refractivity contribution in [3.63, 3.8) is 0 Å². The summed E-state index contributed by atoms with van der Waals surface area (Å²) in [6.45, 7) is 6.05. The smallest absolute Gasteiger partial charge is 0.303 e. The number of carboxylic acids is 1. The molecule has 0 saturated heterocycles. The molecule has 0 aromatic heterocycles. The van der Waals surface area contributed by atoms with Crippen LogP contribution in [0.1, 0.15) is 135 Å². The van der Waals surface area contributed by atoms with Crippen molar-refractivity contribution in [3.05, 3.63) is 0 Å². The number of nitrogens with one attached hydrogen (secondary N) is 1. The fraction of sp³-hybridized carbons (Fsp3) is 0.964. The minimum absolute atomic E-state index is 0.346. The minimum atomic E-state index is -0.651. The van der Waals surface area contributed by atoms with Gasteiger partial charge in [0.25, 0.3) is 0 Å². The van der Waals surface area contributed by atoms with Crippen LogP contribution in [0.25, 0.3) is 0 Å². The zero-order chi connectivity index (χ0) is 24.8. The molecule has 0 aliphatic heterocycles. The van der Waals surface area contributed by atoms with E-state index in [-0.39, 0.29) is 0 Å². The molecule has 0 aromatic rings. The zero-order valence-corrected chi connectivity index (χ0v) is 22.9. The van der Waals surface area contributed by atoms with Crippen molar-refractivity contribution in [2.45, 2.75) is 135 Å². The summed E-state index contributed by atoms with van der Waals surface area (Å²) in [6, 6.07) is 0. The molecule has 0 radical (unpaired) electrons. The van der Waals surface area contributed by atoms with Gasteiger partial charge in [-0.15, -0.1) is 0 Å². The Balaban J connectivity index is 0. The summed E-state index contributed by atoms with van der Waals surface area (Å²) in [5.41, 5.74) is 5.27. The van der Waals surface area contributed by atoms with Gasteiger partial charge in [0, 0.05) is 32.6 Å². The second kappa shape index (κ2) is 31.4. The summed E-state index contributed by atoms with van der Waals surface area (Å²) in [7, 11) is 4.12. The van der Waals surface area contributed by atoms with Gasteiger partial charge in [0.2, 0.25) is 0 Å². The number of carboxylic acid groups (broad SMARTS) is 1. The number of likely N-dealkylation sites (N-methyl/N-ethyl adjacent to an activating group) is 1. The molecule has 5 heteroatoms. The normalized spacial score (nSPS) is 10.9. The fourth-order valence-corrected chi connectivity index (χ4v) is 3.88. The Morgan fingerprint density at radius 1 is 0.667 bits per heavy atom. The number of aliphatic carboxylic acids is 1. The average Bonchev–Trinajstić information content (AvgIpc) is 2.78. The molecule has 0 rings (SSSR count). The summed E-state index contributed by atoms with van der Waals surface area (Å²) < 4.78 is 0. The second-order valence-corrected chi connectivity index (χ2v) is 9.85. The first-order valence-electron chi connectivity index (χ1n) is 14.3. The molecule has 0 fully saturated rings. The highest BCUT2D eigenvalue weighted by molar-refractivity contribution is 5.66. The van der Waals surface area contributed by atoms with E-state index in [9.17, 15) is 4.79 Å². The molecule has 5 nitrogen and oxygen atoms in total. The third-order valence-corrected chi connectivity index (χ3v) is 6.05. The van der Waals surface area contributed by atoms with Crippen molar-refractivity contribution in [1.29, 1.82) is 0 Å². The van der Waals surface area contributed by atoms with Crippen molar-refractivity contribution in [3.8, 4) is 0 Å². The van der Waals surface area contributed by atoms with Gasteiger partial charge in [-0.2, -0.15) is 0 Å². The van der Waals surface area contributed by atoms with Crippen LogP contribution in [-0.4, -0.2) is 56.3 Å². The SMILES string of the molecule is CCCCCCCCCCCCCCCCCCCCCC(=O)O.CN(C)CCNCCN. The molecular formula is C28H61N3O2. The van der Waals surface area contributed by atoms with Gasteiger partial charge in [-0.25, -0.2) is 0 Å². The predicted molar refractivity (Wildman–Crippen MR) is 146 cm³/mol. The highest BCUT2D eigenvalue weighted by Crippen LogP contribution is 2.14. The third-order valence-electron chi connectivity index (χ3n) is 6.05. The van der Waals surface area contributed by atoms with Crippen LogP contribution in [0, 0.1) is 0 Å². The van der Waals surface area contributed by atoms with Crippen LogP contribution in [-0.2, 0) is 4.79 Å². The predicted octanol–water partition coefficient (Wildman–Crippen LogP) is 6.99. The third kappa shape index (κ3) is 38.9. The fourth-order valence-electron chi connectivity index (χ4n) is 3.88. The standard InChI is InChI=1S/C22H44O2.C6H17N3/c1-2-3-4-5-6-7-8-9-10-11-12-13-14-15-16-17-18-19-20-21-22(23)24;1-9(2)6-5-8-4-3-7/h2-21H2,1H3,(H,23,24);8H,3-7H2,1-2H3. The van der Waals surface area contributed by atoms with Gasteiger partial charge >= 0.3 is 5.97 Å². The molecule has 0 aromatic carbocycles. The molecule has 0 bridgehead atoms. The number of nitrogens with two attached hydrogens (primary N) is 1. The Morgan fingerprint density at radius 2 is 1.03 bits per heavy atom. The van der Waals surface area contributed by atoms with Crippen LogP contribution in [0.3, 0.4) is 0 Å². The number of hydrogen-bond acceptors (Lipinski definition) is 4. The van der Waals surface area contributed by atoms with Crippen molar-refractivity contribution in [1.82, 2.24) is 10.2 Å². The van der Waals surface area contributed by atoms with Gasteiger partial charge in [-0.3, -0.25) is 4.79 Å². The van der Waals surface area contributed by atoms with Crippen molar-refractivity contribution >= 4 is 5.97 Å². The van der Waals surface area contributed by atoms with Gasteiger partial charge in [0.05, 0.1) is 0 Å². The maximum absolute atomic E-state index is 10.4. The number of unbranched alkanes of at least 4 members (excludes halogenated alkanes) is 18.